The molecule has 6 nitrogen and oxygen atoms in total. The SMILES string of the molecule is O=C(O)CCC/C=C\C[C@H]1[C@H](N2CCOCC2)C(=O)C[C@H]1OCc1ccc(-c2ccccc2)cc1. The largest absolute Gasteiger partial charge is 0.481 e. The summed E-state index contributed by atoms with van der Waals surface area (Å²) >= 11 is 0. The zero-order valence-corrected chi connectivity index (χ0v) is 20.2. The Morgan fingerprint density at radius 3 is 2.46 bits per heavy atom. The molecule has 3 atom stereocenters. The fourth-order valence-electron chi connectivity index (χ4n) is 5.08. The molecule has 0 aromatic heterocycles. The standard InChI is InChI=1S/C29H35NO5/c31-26-20-27(35-21-22-12-14-24(15-13-22)23-8-4-3-5-9-23)25(10-6-1-2-7-11-28(32)33)29(26)30-16-18-34-19-17-30/h1,3-6,8-9,12-15,25,27,29H,2,7,10-11,16-21H2,(H,32,33)/b6-1-/t25-,27-,29+/m1/s1. The first-order valence-corrected chi connectivity index (χ1v) is 12.6. The number of aliphatic carboxylic acids is 1. The van der Waals surface area contributed by atoms with E-state index in [1.54, 1.807) is 0 Å². The monoisotopic (exact) mass is 477 g/mol. The van der Waals surface area contributed by atoms with Crippen LogP contribution in [0.15, 0.2) is 66.7 Å². The smallest absolute Gasteiger partial charge is 0.303 e. The number of rotatable bonds is 11. The quantitative estimate of drug-likeness (QED) is 0.373. The predicted octanol–water partition coefficient (Wildman–Crippen LogP) is 4.73. The minimum absolute atomic E-state index is 0.0833. The maximum absolute atomic E-state index is 13.1. The zero-order chi connectivity index (χ0) is 24.5. The van der Waals surface area contributed by atoms with E-state index in [9.17, 15) is 9.59 Å². The number of unbranched alkanes of at least 4 members (excludes halogenated alkanes) is 1. The Hall–Kier alpha value is -2.80. The average molecular weight is 478 g/mol. The van der Waals surface area contributed by atoms with Gasteiger partial charge in [-0.2, -0.15) is 0 Å². The minimum Gasteiger partial charge on any atom is -0.481 e. The Labute approximate surface area is 207 Å². The number of nitrogens with zero attached hydrogens (tertiary/aromatic N) is 1. The third kappa shape index (κ3) is 7.10. The number of Topliss-reactive ketones (excluding diaryl/α,β-unsaturated/α-hetero) is 1. The van der Waals surface area contributed by atoms with Crippen molar-refractivity contribution >= 4 is 11.8 Å². The molecule has 2 aromatic rings. The van der Waals surface area contributed by atoms with Crippen LogP contribution in [-0.4, -0.2) is 60.2 Å². The highest BCUT2D eigenvalue weighted by Crippen LogP contribution is 2.34. The second-order valence-electron chi connectivity index (χ2n) is 9.33. The molecule has 1 aliphatic carbocycles. The topological polar surface area (TPSA) is 76.1 Å². The van der Waals surface area contributed by atoms with Gasteiger partial charge in [0.25, 0.3) is 0 Å². The summed E-state index contributed by atoms with van der Waals surface area (Å²) in [4.78, 5) is 26.0. The first kappa shape index (κ1) is 25.3. The van der Waals surface area contributed by atoms with E-state index >= 15 is 0 Å². The number of carboxylic acid groups (broad SMARTS) is 1. The first-order chi connectivity index (χ1) is 17.1. The van der Waals surface area contributed by atoms with Crippen molar-refractivity contribution in [1.82, 2.24) is 4.90 Å². The number of carbonyl (C=O) groups excluding carboxylic acids is 1. The van der Waals surface area contributed by atoms with Crippen LogP contribution in [0.3, 0.4) is 0 Å². The van der Waals surface area contributed by atoms with Crippen molar-refractivity contribution in [1.29, 1.82) is 0 Å². The molecule has 2 aromatic carbocycles. The third-order valence-electron chi connectivity index (χ3n) is 6.92. The summed E-state index contributed by atoms with van der Waals surface area (Å²) in [5.74, 6) is -0.432. The van der Waals surface area contributed by atoms with Crippen molar-refractivity contribution in [3.05, 3.63) is 72.3 Å². The van der Waals surface area contributed by atoms with Crippen molar-refractivity contribution in [3.8, 4) is 11.1 Å². The second kappa shape index (κ2) is 12.8. The van der Waals surface area contributed by atoms with Crippen molar-refractivity contribution in [2.24, 2.45) is 5.92 Å². The molecule has 0 unspecified atom stereocenters. The molecule has 186 valence electrons. The van der Waals surface area contributed by atoms with Crippen LogP contribution in [0, 0.1) is 5.92 Å². The van der Waals surface area contributed by atoms with Gasteiger partial charge in [-0.05, 0) is 36.0 Å². The van der Waals surface area contributed by atoms with Gasteiger partial charge in [-0.1, -0.05) is 66.7 Å². The molecular formula is C29H35NO5. The van der Waals surface area contributed by atoms with Gasteiger partial charge in [-0.3, -0.25) is 14.5 Å². The van der Waals surface area contributed by atoms with Crippen LogP contribution in [0.1, 0.15) is 37.7 Å². The summed E-state index contributed by atoms with van der Waals surface area (Å²) in [7, 11) is 0. The van der Waals surface area contributed by atoms with Gasteiger partial charge in [-0.15, -0.1) is 0 Å². The van der Waals surface area contributed by atoms with Crippen LogP contribution in [0.2, 0.25) is 0 Å². The van der Waals surface area contributed by atoms with Crippen molar-refractivity contribution in [2.45, 2.75) is 50.9 Å². The van der Waals surface area contributed by atoms with Gasteiger partial charge in [-0.25, -0.2) is 0 Å². The van der Waals surface area contributed by atoms with Crippen LogP contribution in [0.5, 0.6) is 0 Å². The second-order valence-corrected chi connectivity index (χ2v) is 9.33. The van der Waals surface area contributed by atoms with Crippen molar-refractivity contribution in [2.75, 3.05) is 26.3 Å². The van der Waals surface area contributed by atoms with Gasteiger partial charge in [0.2, 0.25) is 0 Å². The molecule has 1 aliphatic heterocycles. The summed E-state index contributed by atoms with van der Waals surface area (Å²) in [6.45, 7) is 3.31. The normalized spacial score (nSPS) is 23.2. The summed E-state index contributed by atoms with van der Waals surface area (Å²) in [5, 5.41) is 8.82. The fraction of sp³-hybridized carbons (Fsp3) is 0.448. The third-order valence-corrected chi connectivity index (χ3v) is 6.92. The number of morpholine rings is 1. The number of hydrogen-bond acceptors (Lipinski definition) is 5. The van der Waals surface area contributed by atoms with Crippen molar-refractivity contribution in [3.63, 3.8) is 0 Å². The molecule has 4 rings (SSSR count). The molecule has 0 radical (unpaired) electrons. The zero-order valence-electron chi connectivity index (χ0n) is 20.2. The number of ether oxygens (including phenoxy) is 2. The molecule has 1 saturated carbocycles. The molecule has 1 saturated heterocycles. The number of allylic oxidation sites excluding steroid dienone is 2. The van der Waals surface area contributed by atoms with Crippen LogP contribution >= 0.6 is 0 Å². The van der Waals surface area contributed by atoms with E-state index in [1.165, 1.54) is 11.1 Å². The highest BCUT2D eigenvalue weighted by atomic mass is 16.5. The maximum Gasteiger partial charge on any atom is 0.303 e. The maximum atomic E-state index is 13.1. The van der Waals surface area contributed by atoms with E-state index in [-0.39, 0.29) is 30.3 Å². The number of carbonyl (C=O) groups is 2. The van der Waals surface area contributed by atoms with Crippen LogP contribution in [0.25, 0.3) is 11.1 Å². The molecule has 1 N–H and O–H groups in total. The van der Waals surface area contributed by atoms with E-state index in [4.69, 9.17) is 14.6 Å². The lowest BCUT2D eigenvalue weighted by Crippen LogP contribution is -2.49. The molecule has 2 fully saturated rings. The lowest BCUT2D eigenvalue weighted by Gasteiger charge is -2.35. The Morgan fingerprint density at radius 1 is 1.03 bits per heavy atom. The Bertz CT molecular complexity index is 982. The van der Waals surface area contributed by atoms with E-state index in [0.717, 1.165) is 31.5 Å². The number of benzene rings is 2. The van der Waals surface area contributed by atoms with Gasteiger partial charge < -0.3 is 14.6 Å². The number of hydrogen-bond donors (Lipinski definition) is 1. The molecular weight excluding hydrogens is 442 g/mol. The Morgan fingerprint density at radius 2 is 1.74 bits per heavy atom. The van der Waals surface area contributed by atoms with E-state index in [1.807, 2.05) is 24.3 Å². The number of carboxylic acids is 1. The summed E-state index contributed by atoms with van der Waals surface area (Å²) < 4.78 is 11.9. The van der Waals surface area contributed by atoms with Gasteiger partial charge in [0, 0.05) is 31.8 Å². The van der Waals surface area contributed by atoms with Crippen LogP contribution in [-0.2, 0) is 25.7 Å². The first-order valence-electron chi connectivity index (χ1n) is 12.6. The van der Waals surface area contributed by atoms with E-state index < -0.39 is 5.97 Å². The van der Waals surface area contributed by atoms with Gasteiger partial charge in [0.05, 0.1) is 32.0 Å². The van der Waals surface area contributed by atoms with E-state index in [2.05, 4.69) is 47.4 Å². The van der Waals surface area contributed by atoms with Gasteiger partial charge in [0.1, 0.15) is 0 Å². The predicted molar refractivity (Wildman–Crippen MR) is 135 cm³/mol. The highest BCUT2D eigenvalue weighted by molar-refractivity contribution is 5.87. The minimum atomic E-state index is -0.766. The Kier molecular flexibility index (Phi) is 9.23. The fourth-order valence-corrected chi connectivity index (χ4v) is 5.08. The van der Waals surface area contributed by atoms with Crippen LogP contribution < -0.4 is 0 Å². The molecule has 0 spiro atoms. The molecule has 6 heteroatoms. The van der Waals surface area contributed by atoms with Crippen LogP contribution in [0.4, 0.5) is 0 Å². The summed E-state index contributed by atoms with van der Waals surface area (Å²) in [5.41, 5.74) is 3.45. The summed E-state index contributed by atoms with van der Waals surface area (Å²) in [6.07, 6.45) is 6.73. The van der Waals surface area contributed by atoms with E-state index in [0.29, 0.717) is 32.7 Å². The molecule has 2 aliphatic rings. The Balaban J connectivity index is 1.38. The summed E-state index contributed by atoms with van der Waals surface area (Å²) in [6, 6.07) is 18.6. The van der Waals surface area contributed by atoms with Gasteiger partial charge in [0.15, 0.2) is 5.78 Å². The average Bonchev–Trinajstić information content (AvgIpc) is 3.20. The van der Waals surface area contributed by atoms with Gasteiger partial charge >= 0.3 is 5.97 Å². The van der Waals surface area contributed by atoms with Crippen molar-refractivity contribution < 1.29 is 24.2 Å². The molecule has 0 amide bonds. The molecule has 35 heavy (non-hydrogen) atoms. The molecule has 0 bridgehead atoms. The lowest BCUT2D eigenvalue weighted by atomic mass is 9.95. The molecule has 1 heterocycles. The highest BCUT2D eigenvalue weighted by Gasteiger charge is 2.45. The lowest BCUT2D eigenvalue weighted by molar-refractivity contribution is -0.137. The number of ketones is 1.